The van der Waals surface area contributed by atoms with Gasteiger partial charge < -0.3 is 19.5 Å². The third-order valence-corrected chi connectivity index (χ3v) is 4.50. The summed E-state index contributed by atoms with van der Waals surface area (Å²) >= 11 is 6.17. The molecule has 1 heterocycles. The predicted octanol–water partition coefficient (Wildman–Crippen LogP) is 3.71. The van der Waals surface area contributed by atoms with Crippen molar-refractivity contribution in [2.24, 2.45) is 5.92 Å². The summed E-state index contributed by atoms with van der Waals surface area (Å²) < 4.78 is 16.1. The van der Waals surface area contributed by atoms with Crippen LogP contribution in [0.5, 0.6) is 5.75 Å². The minimum Gasteiger partial charge on any atom is -0.491 e. The molecule has 0 saturated carbocycles. The zero-order chi connectivity index (χ0) is 19.9. The van der Waals surface area contributed by atoms with Crippen molar-refractivity contribution in [1.82, 2.24) is 10.2 Å². The summed E-state index contributed by atoms with van der Waals surface area (Å²) in [7, 11) is 1.65. The lowest BCUT2D eigenvalue weighted by molar-refractivity contribution is 0.0519. The van der Waals surface area contributed by atoms with Crippen LogP contribution in [0.25, 0.3) is 0 Å². The first kappa shape index (κ1) is 21.8. The maximum Gasteiger partial charge on any atom is 0.407 e. The van der Waals surface area contributed by atoms with Crippen molar-refractivity contribution in [3.63, 3.8) is 0 Å². The number of benzene rings is 1. The van der Waals surface area contributed by atoms with E-state index >= 15 is 0 Å². The van der Waals surface area contributed by atoms with Crippen LogP contribution in [0.3, 0.4) is 0 Å². The average molecular weight is 399 g/mol. The van der Waals surface area contributed by atoms with Crippen LogP contribution in [0.1, 0.15) is 32.8 Å². The molecule has 0 spiro atoms. The number of hydrogen-bond donors (Lipinski definition) is 1. The van der Waals surface area contributed by atoms with E-state index in [-0.39, 0.29) is 6.09 Å². The van der Waals surface area contributed by atoms with E-state index in [0.29, 0.717) is 30.7 Å². The summed E-state index contributed by atoms with van der Waals surface area (Å²) in [5.74, 6) is 1.25. The number of nitrogens with one attached hydrogen (secondary N) is 1. The van der Waals surface area contributed by atoms with Gasteiger partial charge in [-0.25, -0.2) is 4.79 Å². The van der Waals surface area contributed by atoms with Gasteiger partial charge in [0.25, 0.3) is 0 Å². The smallest absolute Gasteiger partial charge is 0.407 e. The van der Waals surface area contributed by atoms with Gasteiger partial charge >= 0.3 is 6.09 Å². The molecule has 1 aliphatic rings. The number of hydrogen-bond acceptors (Lipinski definition) is 5. The first-order valence-electron chi connectivity index (χ1n) is 9.36. The van der Waals surface area contributed by atoms with Crippen LogP contribution in [0.15, 0.2) is 18.2 Å². The number of ether oxygens (including phenoxy) is 3. The number of methoxy groups -OCH3 is 1. The van der Waals surface area contributed by atoms with Gasteiger partial charge in [0.2, 0.25) is 0 Å². The molecule has 0 unspecified atom stereocenters. The highest BCUT2D eigenvalue weighted by atomic mass is 35.5. The summed E-state index contributed by atoms with van der Waals surface area (Å²) in [4.78, 5) is 14.2. The quantitative estimate of drug-likeness (QED) is 0.676. The summed E-state index contributed by atoms with van der Waals surface area (Å²) in [6, 6.07) is 5.70. The number of nitrogens with zero attached hydrogens (tertiary/aromatic N) is 1. The Kier molecular flexibility index (Phi) is 8.20. The normalized spacial score (nSPS) is 17.7. The molecule has 1 amide bonds. The number of carbonyl (C=O) groups excluding carboxylic acids is 1. The predicted molar refractivity (Wildman–Crippen MR) is 106 cm³/mol. The topological polar surface area (TPSA) is 60.0 Å². The molecule has 7 heteroatoms. The molecule has 27 heavy (non-hydrogen) atoms. The van der Waals surface area contributed by atoms with Crippen LogP contribution in [0.4, 0.5) is 4.79 Å². The Morgan fingerprint density at radius 1 is 1.33 bits per heavy atom. The Morgan fingerprint density at radius 3 is 2.81 bits per heavy atom. The SMILES string of the molecule is COCCOc1ccc(Cl)cc1CN1CC[C@@H](CNC(=O)OC(C)(C)C)C1. The Labute approximate surface area is 167 Å². The lowest BCUT2D eigenvalue weighted by Crippen LogP contribution is -2.36. The molecule has 1 atom stereocenters. The van der Waals surface area contributed by atoms with Crippen molar-refractivity contribution in [1.29, 1.82) is 0 Å². The van der Waals surface area contributed by atoms with E-state index in [0.717, 1.165) is 37.4 Å². The second kappa shape index (κ2) is 10.2. The van der Waals surface area contributed by atoms with Crippen LogP contribution >= 0.6 is 11.6 Å². The first-order valence-corrected chi connectivity index (χ1v) is 9.74. The van der Waals surface area contributed by atoms with Crippen molar-refractivity contribution in [2.45, 2.75) is 39.3 Å². The van der Waals surface area contributed by atoms with Crippen LogP contribution in [-0.4, -0.2) is 56.6 Å². The van der Waals surface area contributed by atoms with E-state index in [9.17, 15) is 4.79 Å². The van der Waals surface area contributed by atoms with Crippen molar-refractivity contribution in [2.75, 3.05) is 40.0 Å². The van der Waals surface area contributed by atoms with E-state index in [1.54, 1.807) is 7.11 Å². The maximum atomic E-state index is 11.8. The van der Waals surface area contributed by atoms with Crippen LogP contribution in [0, 0.1) is 5.92 Å². The van der Waals surface area contributed by atoms with Gasteiger partial charge in [-0.2, -0.15) is 0 Å². The van der Waals surface area contributed by atoms with E-state index < -0.39 is 5.60 Å². The third kappa shape index (κ3) is 7.95. The Balaban J connectivity index is 1.83. The van der Waals surface area contributed by atoms with E-state index in [2.05, 4.69) is 10.2 Å². The van der Waals surface area contributed by atoms with Gasteiger partial charge in [0.15, 0.2) is 0 Å². The highest BCUT2D eigenvalue weighted by Gasteiger charge is 2.25. The largest absolute Gasteiger partial charge is 0.491 e. The lowest BCUT2D eigenvalue weighted by Gasteiger charge is -2.21. The van der Waals surface area contributed by atoms with Gasteiger partial charge in [0.05, 0.1) is 6.61 Å². The number of alkyl carbamates (subject to hydrolysis) is 1. The first-order chi connectivity index (χ1) is 12.8. The Hall–Kier alpha value is -1.50. The van der Waals surface area contributed by atoms with E-state index in [1.807, 2.05) is 39.0 Å². The van der Waals surface area contributed by atoms with E-state index in [4.69, 9.17) is 25.8 Å². The molecular weight excluding hydrogens is 368 g/mol. The van der Waals surface area contributed by atoms with Crippen LogP contribution in [0.2, 0.25) is 5.02 Å². The zero-order valence-electron chi connectivity index (χ0n) is 16.7. The molecule has 1 saturated heterocycles. The molecule has 2 rings (SSSR count). The number of amides is 1. The van der Waals surface area contributed by atoms with Crippen molar-refractivity contribution in [3.05, 3.63) is 28.8 Å². The Bertz CT molecular complexity index is 618. The van der Waals surface area contributed by atoms with Gasteiger partial charge in [0, 0.05) is 37.3 Å². The molecule has 0 aromatic heterocycles. The molecule has 0 aliphatic carbocycles. The molecular formula is C20H31ClN2O4. The minimum absolute atomic E-state index is 0.357. The monoisotopic (exact) mass is 398 g/mol. The zero-order valence-corrected chi connectivity index (χ0v) is 17.5. The Morgan fingerprint density at radius 2 is 2.11 bits per heavy atom. The molecule has 0 radical (unpaired) electrons. The number of carbonyl (C=O) groups is 1. The molecule has 1 aliphatic heterocycles. The summed E-state index contributed by atoms with van der Waals surface area (Å²) in [6.45, 7) is 9.93. The van der Waals surface area contributed by atoms with Crippen LogP contribution < -0.4 is 10.1 Å². The van der Waals surface area contributed by atoms with Crippen molar-refractivity contribution in [3.8, 4) is 5.75 Å². The van der Waals surface area contributed by atoms with Gasteiger partial charge in [-0.1, -0.05) is 11.6 Å². The molecule has 152 valence electrons. The lowest BCUT2D eigenvalue weighted by atomic mass is 10.1. The maximum absolute atomic E-state index is 11.8. The van der Waals surface area contributed by atoms with E-state index in [1.165, 1.54) is 0 Å². The van der Waals surface area contributed by atoms with Gasteiger partial charge in [-0.05, 0) is 57.9 Å². The second-order valence-corrected chi connectivity index (χ2v) is 8.30. The molecule has 6 nitrogen and oxygen atoms in total. The van der Waals surface area contributed by atoms with Gasteiger partial charge in [-0.3, -0.25) is 4.90 Å². The van der Waals surface area contributed by atoms with Crippen molar-refractivity contribution < 1.29 is 19.0 Å². The fourth-order valence-corrected chi connectivity index (χ4v) is 3.25. The highest BCUT2D eigenvalue weighted by molar-refractivity contribution is 6.30. The molecule has 1 aromatic rings. The summed E-state index contributed by atoms with van der Waals surface area (Å²) in [6.07, 6.45) is 0.681. The standard InChI is InChI=1S/C20H31ClN2O4/c1-20(2,3)27-19(24)22-12-15-7-8-23(13-15)14-16-11-17(21)5-6-18(16)26-10-9-25-4/h5-6,11,15H,7-10,12-14H2,1-4H3,(H,22,24)/t15-/m0/s1. The fraction of sp³-hybridized carbons (Fsp3) is 0.650. The summed E-state index contributed by atoms with van der Waals surface area (Å²) in [5.41, 5.74) is 0.594. The second-order valence-electron chi connectivity index (χ2n) is 7.87. The third-order valence-electron chi connectivity index (χ3n) is 4.27. The minimum atomic E-state index is -0.475. The van der Waals surface area contributed by atoms with Crippen molar-refractivity contribution >= 4 is 17.7 Å². The fourth-order valence-electron chi connectivity index (χ4n) is 3.05. The van der Waals surface area contributed by atoms with Gasteiger partial charge in [-0.15, -0.1) is 0 Å². The molecule has 1 fully saturated rings. The number of halogens is 1. The van der Waals surface area contributed by atoms with Crippen LogP contribution in [-0.2, 0) is 16.0 Å². The number of rotatable bonds is 8. The molecule has 1 aromatic carbocycles. The molecule has 0 bridgehead atoms. The number of likely N-dealkylation sites (tertiary alicyclic amines) is 1. The molecule has 1 N–H and O–H groups in total. The summed E-state index contributed by atoms with van der Waals surface area (Å²) in [5, 5.41) is 3.57. The highest BCUT2D eigenvalue weighted by Crippen LogP contribution is 2.27. The van der Waals surface area contributed by atoms with Gasteiger partial charge in [0.1, 0.15) is 18.0 Å². The average Bonchev–Trinajstić information content (AvgIpc) is 3.01.